The number of para-hydroxylation sites is 1. The number of likely N-dealkylation sites (tertiary alicyclic amines) is 1. The molecule has 0 saturated carbocycles. The summed E-state index contributed by atoms with van der Waals surface area (Å²) in [4.78, 5) is 44.2. The molecule has 3 amide bonds. The van der Waals surface area contributed by atoms with Crippen LogP contribution in [-0.2, 0) is 14.4 Å². The molecule has 226 valence electrons. The minimum Gasteiger partial charge on any atom is -0.494 e. The molecule has 0 aromatic heterocycles. The Labute approximate surface area is 264 Å². The molecule has 3 heterocycles. The number of thioether (sulfide) groups is 1. The van der Waals surface area contributed by atoms with Gasteiger partial charge in [-0.05, 0) is 62.1 Å². The van der Waals surface area contributed by atoms with Crippen molar-refractivity contribution in [2.24, 2.45) is 17.8 Å². The number of fused-ring (bicyclic) bond motifs is 1. The number of hydrogen-bond acceptors (Lipinski definition) is 6. The Kier molecular flexibility index (Phi) is 9.19. The molecule has 5 rings (SSSR count). The number of aliphatic hydroxyl groups excluding tert-OH is 1. The van der Waals surface area contributed by atoms with Crippen LogP contribution in [-0.4, -0.2) is 67.8 Å². The molecule has 3 saturated heterocycles. The minimum atomic E-state index is -0.893. The fourth-order valence-corrected chi connectivity index (χ4v) is 10.7. The lowest BCUT2D eigenvalue weighted by molar-refractivity contribution is -0.142. The molecule has 42 heavy (non-hydrogen) atoms. The van der Waals surface area contributed by atoms with E-state index in [1.54, 1.807) is 47.0 Å². The molecule has 1 spiro atoms. The zero-order valence-electron chi connectivity index (χ0n) is 24.1. The average molecular weight is 679 g/mol. The smallest absolute Gasteiger partial charge is 0.248 e. The third kappa shape index (κ3) is 5.22. The van der Waals surface area contributed by atoms with Crippen molar-refractivity contribution in [2.75, 3.05) is 23.8 Å². The van der Waals surface area contributed by atoms with Gasteiger partial charge in [-0.1, -0.05) is 59.9 Å². The number of alkyl halides is 1. The number of amides is 3. The summed E-state index contributed by atoms with van der Waals surface area (Å²) in [6.07, 6.45) is 1.25. The summed E-state index contributed by atoms with van der Waals surface area (Å²) < 4.78 is 4.67. The van der Waals surface area contributed by atoms with Gasteiger partial charge in [0.05, 0.1) is 46.5 Å². The Bertz CT molecular complexity index is 1340. The van der Waals surface area contributed by atoms with E-state index in [0.717, 1.165) is 5.56 Å². The van der Waals surface area contributed by atoms with E-state index in [0.29, 0.717) is 41.6 Å². The predicted molar refractivity (Wildman–Crippen MR) is 170 cm³/mol. The van der Waals surface area contributed by atoms with Gasteiger partial charge in [0.2, 0.25) is 17.7 Å². The van der Waals surface area contributed by atoms with Crippen molar-refractivity contribution in [3.63, 3.8) is 0 Å². The number of hydrogen-bond donors (Lipinski definition) is 3. The van der Waals surface area contributed by atoms with Crippen LogP contribution in [0.15, 0.2) is 42.5 Å². The summed E-state index contributed by atoms with van der Waals surface area (Å²) in [5.41, 5.74) is 1.91. The van der Waals surface area contributed by atoms with E-state index >= 15 is 0 Å². The van der Waals surface area contributed by atoms with Crippen LogP contribution in [0.2, 0.25) is 5.02 Å². The highest BCUT2D eigenvalue weighted by molar-refractivity contribution is 9.09. The Morgan fingerprint density at radius 2 is 1.90 bits per heavy atom. The summed E-state index contributed by atoms with van der Waals surface area (Å²) >= 11 is 11.8. The van der Waals surface area contributed by atoms with Crippen molar-refractivity contribution in [2.45, 2.75) is 67.4 Å². The maximum atomic E-state index is 14.5. The Hall–Kier alpha value is -2.27. The number of halogens is 2. The van der Waals surface area contributed by atoms with E-state index < -0.39 is 28.7 Å². The number of aryl methyl sites for hydroxylation is 1. The number of carbonyl (C=O) groups excluding carboxylic acids is 3. The van der Waals surface area contributed by atoms with E-state index in [1.165, 1.54) is 0 Å². The molecule has 2 aromatic carbocycles. The van der Waals surface area contributed by atoms with E-state index in [4.69, 9.17) is 16.3 Å². The highest BCUT2D eigenvalue weighted by Gasteiger charge is 2.76. The second-order valence-electron chi connectivity index (χ2n) is 11.4. The minimum absolute atomic E-state index is 0.0652. The highest BCUT2D eigenvalue weighted by atomic mass is 79.9. The lowest BCUT2D eigenvalue weighted by atomic mass is 9.70. The molecule has 3 unspecified atom stereocenters. The van der Waals surface area contributed by atoms with Crippen LogP contribution < -0.4 is 15.4 Å². The molecular weight excluding hydrogens is 642 g/mol. The van der Waals surface area contributed by atoms with Crippen LogP contribution in [0, 0.1) is 24.7 Å². The normalized spacial score (nSPS) is 29.3. The van der Waals surface area contributed by atoms with Crippen LogP contribution in [0.25, 0.3) is 0 Å². The first-order valence-electron chi connectivity index (χ1n) is 14.4. The van der Waals surface area contributed by atoms with E-state index in [2.05, 4.69) is 26.6 Å². The number of aliphatic hydroxyl groups is 1. The van der Waals surface area contributed by atoms with Crippen molar-refractivity contribution >= 4 is 68.4 Å². The van der Waals surface area contributed by atoms with Crippen LogP contribution in [0.4, 0.5) is 11.4 Å². The van der Waals surface area contributed by atoms with Gasteiger partial charge in [0.15, 0.2) is 0 Å². The number of anilines is 2. The summed E-state index contributed by atoms with van der Waals surface area (Å²) in [5, 5.41) is 16.8. The molecule has 0 aliphatic carbocycles. The Balaban J connectivity index is 1.53. The lowest BCUT2D eigenvalue weighted by Gasteiger charge is -2.39. The third-order valence-corrected chi connectivity index (χ3v) is 12.6. The predicted octanol–water partition coefficient (Wildman–Crippen LogP) is 5.50. The van der Waals surface area contributed by atoms with Gasteiger partial charge < -0.3 is 25.4 Å². The van der Waals surface area contributed by atoms with Gasteiger partial charge in [-0.2, -0.15) is 0 Å². The maximum Gasteiger partial charge on any atom is 0.248 e. The summed E-state index contributed by atoms with van der Waals surface area (Å²) in [6, 6.07) is 11.1. The second-order valence-corrected chi connectivity index (χ2v) is 14.5. The number of ether oxygens (including phenoxy) is 1. The van der Waals surface area contributed by atoms with Gasteiger partial charge in [0.1, 0.15) is 11.8 Å². The van der Waals surface area contributed by atoms with Crippen LogP contribution in [0.5, 0.6) is 5.75 Å². The molecule has 0 radical (unpaired) electrons. The molecule has 3 fully saturated rings. The summed E-state index contributed by atoms with van der Waals surface area (Å²) in [5.74, 6) is -1.61. The van der Waals surface area contributed by atoms with Crippen LogP contribution in [0.1, 0.15) is 39.2 Å². The molecule has 3 N–H and O–H groups in total. The number of carbonyl (C=O) groups is 3. The highest BCUT2D eigenvalue weighted by Crippen LogP contribution is 2.68. The zero-order valence-corrected chi connectivity index (χ0v) is 27.3. The number of nitrogens with zero attached hydrogens (tertiary/aromatic N) is 1. The van der Waals surface area contributed by atoms with Gasteiger partial charge in [0.25, 0.3) is 0 Å². The van der Waals surface area contributed by atoms with Crippen molar-refractivity contribution in [3.8, 4) is 5.75 Å². The Morgan fingerprint density at radius 3 is 2.52 bits per heavy atom. The fraction of sp³-hybridized carbons (Fsp3) is 0.516. The molecule has 8 atom stereocenters. The quantitative estimate of drug-likeness (QED) is 0.287. The number of rotatable bonds is 10. The lowest BCUT2D eigenvalue weighted by Crippen LogP contribution is -2.56. The largest absolute Gasteiger partial charge is 0.494 e. The molecule has 8 nitrogen and oxygen atoms in total. The van der Waals surface area contributed by atoms with Crippen molar-refractivity contribution in [3.05, 3.63) is 53.1 Å². The van der Waals surface area contributed by atoms with Crippen LogP contribution >= 0.6 is 39.3 Å². The maximum absolute atomic E-state index is 14.5. The Morgan fingerprint density at radius 1 is 1.19 bits per heavy atom. The average Bonchev–Trinajstić information content (AvgIpc) is 3.56. The second kappa shape index (κ2) is 12.4. The first kappa shape index (κ1) is 31.2. The standard InChI is InChI=1S/C31H37BrClN3O5S/c1-5-16(3)22(15-37)36-27(29(39)35-25-17(4)8-7-9-21(25)33)31-14-20(32)26(42-31)23(24(31)30(36)40)28(38)34-18-10-12-19(13-11-18)41-6-2/h7-13,16,20,22-24,26-27,37H,5-6,14-15H2,1-4H3,(H,34,38)(H,35,39)/t16-,20?,22-,23-,24-,26-,27?,31?/m0/s1. The van der Waals surface area contributed by atoms with Crippen molar-refractivity contribution in [1.29, 1.82) is 0 Å². The molecule has 3 aliphatic heterocycles. The molecule has 2 bridgehead atoms. The van der Waals surface area contributed by atoms with E-state index in [-0.39, 0.29) is 40.3 Å². The number of nitrogens with one attached hydrogen (secondary N) is 2. The van der Waals surface area contributed by atoms with Crippen molar-refractivity contribution in [1.82, 2.24) is 4.90 Å². The molecule has 11 heteroatoms. The first-order valence-corrected chi connectivity index (χ1v) is 16.6. The van der Waals surface area contributed by atoms with Crippen LogP contribution in [0.3, 0.4) is 0 Å². The third-order valence-electron chi connectivity index (χ3n) is 9.03. The molecular formula is C31H37BrClN3O5S. The topological polar surface area (TPSA) is 108 Å². The first-order chi connectivity index (χ1) is 20.1. The van der Waals surface area contributed by atoms with Gasteiger partial charge in [-0.25, -0.2) is 0 Å². The van der Waals surface area contributed by atoms with Gasteiger partial charge in [-0.15, -0.1) is 11.8 Å². The van der Waals surface area contributed by atoms with Gasteiger partial charge >= 0.3 is 0 Å². The van der Waals surface area contributed by atoms with Gasteiger partial charge in [0, 0.05) is 15.8 Å². The van der Waals surface area contributed by atoms with Gasteiger partial charge in [-0.3, -0.25) is 14.4 Å². The monoisotopic (exact) mass is 677 g/mol. The fourth-order valence-electron chi connectivity index (χ4n) is 6.85. The molecule has 2 aromatic rings. The SMILES string of the molecule is CCOc1ccc(NC(=O)[C@H]2[C@H]3C(=O)N([C@@H](CO)[C@@H](C)CC)C(C(=O)Nc4c(C)cccc4Cl)C34CC(Br)[C@@H]2S4)cc1. The van der Waals surface area contributed by atoms with E-state index in [9.17, 15) is 19.5 Å². The van der Waals surface area contributed by atoms with E-state index in [1.807, 2.05) is 39.8 Å². The number of benzene rings is 2. The van der Waals surface area contributed by atoms with Crippen molar-refractivity contribution < 1.29 is 24.2 Å². The summed E-state index contributed by atoms with van der Waals surface area (Å²) in [7, 11) is 0. The zero-order chi connectivity index (χ0) is 30.3. The summed E-state index contributed by atoms with van der Waals surface area (Å²) in [6.45, 7) is 7.99. The molecule has 3 aliphatic rings.